The Labute approximate surface area is 167 Å². The number of imide groups is 1. The maximum absolute atomic E-state index is 13.1. The lowest BCUT2D eigenvalue weighted by atomic mass is 9.72. The zero-order valence-electron chi connectivity index (χ0n) is 15.9. The number of nitro benzene ring substituents is 1. The van der Waals surface area contributed by atoms with Crippen molar-refractivity contribution in [1.82, 2.24) is 10.2 Å². The fraction of sp³-hybridized carbons (Fsp3) is 0.450. The Balaban J connectivity index is 1.74. The third kappa shape index (κ3) is 4.34. The molecule has 0 unspecified atom stereocenters. The SMILES string of the molecule is O=C1C=CC(=O)N1CC1(C(=O)NCc2ccc(CO)c([N+](=O)[O-])c2)CCCCC1. The molecule has 154 valence electrons. The Morgan fingerprint density at radius 1 is 1.17 bits per heavy atom. The van der Waals surface area contributed by atoms with Crippen molar-refractivity contribution in [3.63, 3.8) is 0 Å². The number of hydrogen-bond acceptors (Lipinski definition) is 6. The molecule has 0 atom stereocenters. The van der Waals surface area contributed by atoms with Crippen molar-refractivity contribution in [2.75, 3.05) is 6.54 Å². The molecule has 2 aliphatic rings. The van der Waals surface area contributed by atoms with E-state index in [1.165, 1.54) is 24.3 Å². The third-order valence-electron chi connectivity index (χ3n) is 5.62. The normalized spacial score (nSPS) is 18.2. The summed E-state index contributed by atoms with van der Waals surface area (Å²) in [5.74, 6) is -1.09. The first-order valence-electron chi connectivity index (χ1n) is 9.55. The van der Waals surface area contributed by atoms with Crippen molar-refractivity contribution in [1.29, 1.82) is 0 Å². The second kappa shape index (κ2) is 8.52. The van der Waals surface area contributed by atoms with Crippen LogP contribution in [-0.2, 0) is 27.5 Å². The number of benzene rings is 1. The van der Waals surface area contributed by atoms with Crippen LogP contribution < -0.4 is 5.32 Å². The van der Waals surface area contributed by atoms with Gasteiger partial charge in [0.15, 0.2) is 0 Å². The zero-order valence-corrected chi connectivity index (χ0v) is 15.9. The molecule has 29 heavy (non-hydrogen) atoms. The largest absolute Gasteiger partial charge is 0.391 e. The van der Waals surface area contributed by atoms with Gasteiger partial charge >= 0.3 is 0 Å². The van der Waals surface area contributed by atoms with Crippen molar-refractivity contribution in [3.8, 4) is 0 Å². The van der Waals surface area contributed by atoms with E-state index in [0.29, 0.717) is 18.4 Å². The Kier molecular flexibility index (Phi) is 6.07. The fourth-order valence-electron chi connectivity index (χ4n) is 3.97. The molecule has 9 nitrogen and oxygen atoms in total. The van der Waals surface area contributed by atoms with E-state index in [2.05, 4.69) is 5.32 Å². The number of aliphatic hydroxyl groups excluding tert-OH is 1. The van der Waals surface area contributed by atoms with E-state index in [-0.39, 0.29) is 30.2 Å². The molecule has 0 aromatic heterocycles. The van der Waals surface area contributed by atoms with E-state index in [1.807, 2.05) is 0 Å². The first-order chi connectivity index (χ1) is 13.9. The van der Waals surface area contributed by atoms with E-state index < -0.39 is 28.8 Å². The van der Waals surface area contributed by atoms with E-state index in [9.17, 15) is 29.6 Å². The van der Waals surface area contributed by atoms with Crippen LogP contribution >= 0.6 is 0 Å². The number of carbonyl (C=O) groups excluding carboxylic acids is 3. The van der Waals surface area contributed by atoms with Crippen molar-refractivity contribution in [2.24, 2.45) is 5.41 Å². The van der Waals surface area contributed by atoms with E-state index in [4.69, 9.17) is 0 Å². The van der Waals surface area contributed by atoms with Gasteiger partial charge in [-0.25, -0.2) is 0 Å². The molecular weight excluding hydrogens is 378 g/mol. The molecular formula is C20H23N3O6. The van der Waals surface area contributed by atoms with Gasteiger partial charge in [0.05, 0.1) is 22.5 Å². The minimum absolute atomic E-state index is 0.0348. The lowest BCUT2D eigenvalue weighted by molar-refractivity contribution is -0.385. The number of hydrogen-bond donors (Lipinski definition) is 2. The van der Waals surface area contributed by atoms with Crippen LogP contribution in [0.1, 0.15) is 43.2 Å². The molecule has 9 heteroatoms. The van der Waals surface area contributed by atoms with Gasteiger partial charge in [-0.05, 0) is 24.5 Å². The highest BCUT2D eigenvalue weighted by Gasteiger charge is 2.43. The van der Waals surface area contributed by atoms with Gasteiger partial charge in [0, 0.05) is 31.3 Å². The molecule has 1 saturated carbocycles. The lowest BCUT2D eigenvalue weighted by Gasteiger charge is -2.38. The number of nitro groups is 1. The quantitative estimate of drug-likeness (QED) is 0.405. The number of aliphatic hydroxyl groups is 1. The van der Waals surface area contributed by atoms with Gasteiger partial charge in [-0.15, -0.1) is 0 Å². The van der Waals surface area contributed by atoms with Crippen LogP contribution in [0.3, 0.4) is 0 Å². The van der Waals surface area contributed by atoms with E-state index >= 15 is 0 Å². The molecule has 1 fully saturated rings. The third-order valence-corrected chi connectivity index (χ3v) is 5.62. The Bertz CT molecular complexity index is 855. The van der Waals surface area contributed by atoms with Gasteiger partial charge in [-0.1, -0.05) is 25.3 Å². The van der Waals surface area contributed by atoms with Gasteiger partial charge in [0.25, 0.3) is 17.5 Å². The monoisotopic (exact) mass is 401 g/mol. The second-order valence-corrected chi connectivity index (χ2v) is 7.50. The maximum atomic E-state index is 13.1. The average Bonchev–Trinajstić information content (AvgIpc) is 3.04. The predicted octanol–water partition coefficient (Wildman–Crippen LogP) is 1.58. The molecule has 3 amide bonds. The Morgan fingerprint density at radius 3 is 2.41 bits per heavy atom. The minimum atomic E-state index is -0.855. The molecule has 3 rings (SSSR count). The van der Waals surface area contributed by atoms with Gasteiger partial charge in [0.1, 0.15) is 0 Å². The first kappa shape index (κ1) is 20.7. The van der Waals surface area contributed by atoms with Crippen LogP contribution in [0.4, 0.5) is 5.69 Å². The number of rotatable bonds is 7. The van der Waals surface area contributed by atoms with Crippen molar-refractivity contribution in [3.05, 3.63) is 51.6 Å². The van der Waals surface area contributed by atoms with Gasteiger partial charge < -0.3 is 10.4 Å². The molecule has 1 aromatic carbocycles. The minimum Gasteiger partial charge on any atom is -0.391 e. The summed E-state index contributed by atoms with van der Waals surface area (Å²) < 4.78 is 0. The Morgan fingerprint density at radius 2 is 1.83 bits per heavy atom. The molecule has 1 heterocycles. The average molecular weight is 401 g/mol. The van der Waals surface area contributed by atoms with Gasteiger partial charge in [-0.2, -0.15) is 0 Å². The summed E-state index contributed by atoms with van der Waals surface area (Å²) in [5, 5.41) is 23.2. The number of nitrogens with one attached hydrogen (secondary N) is 1. The van der Waals surface area contributed by atoms with Crippen LogP contribution in [-0.4, -0.2) is 39.2 Å². The zero-order chi connectivity index (χ0) is 21.0. The van der Waals surface area contributed by atoms with Crippen molar-refractivity contribution >= 4 is 23.4 Å². The molecule has 1 aromatic rings. The van der Waals surface area contributed by atoms with Crippen LogP contribution in [0.2, 0.25) is 0 Å². The number of carbonyl (C=O) groups is 3. The summed E-state index contributed by atoms with van der Waals surface area (Å²) in [6.07, 6.45) is 6.20. The van der Waals surface area contributed by atoms with Gasteiger partial charge in [0.2, 0.25) is 5.91 Å². The van der Waals surface area contributed by atoms with Gasteiger partial charge in [-0.3, -0.25) is 29.4 Å². The van der Waals surface area contributed by atoms with Crippen LogP contribution in [0.25, 0.3) is 0 Å². The molecule has 0 radical (unpaired) electrons. The molecule has 1 aliphatic carbocycles. The highest BCUT2D eigenvalue weighted by Crippen LogP contribution is 2.38. The summed E-state index contributed by atoms with van der Waals surface area (Å²) in [5.41, 5.74) is -0.325. The molecule has 0 spiro atoms. The summed E-state index contributed by atoms with van der Waals surface area (Å²) in [4.78, 5) is 48.7. The smallest absolute Gasteiger partial charge is 0.275 e. The standard InChI is InChI=1S/C20H23N3O6/c24-12-15-5-4-14(10-16(15)23(28)29)11-21-19(27)20(8-2-1-3-9-20)13-22-17(25)6-7-18(22)26/h4-7,10,24H,1-3,8-9,11-13H2,(H,21,27). The highest BCUT2D eigenvalue weighted by atomic mass is 16.6. The summed E-state index contributed by atoms with van der Waals surface area (Å²) in [7, 11) is 0. The maximum Gasteiger partial charge on any atom is 0.275 e. The molecule has 0 bridgehead atoms. The second-order valence-electron chi connectivity index (χ2n) is 7.50. The topological polar surface area (TPSA) is 130 Å². The van der Waals surface area contributed by atoms with E-state index in [1.54, 1.807) is 6.07 Å². The fourth-order valence-corrected chi connectivity index (χ4v) is 3.97. The predicted molar refractivity (Wildman–Crippen MR) is 102 cm³/mol. The first-order valence-corrected chi connectivity index (χ1v) is 9.55. The molecule has 1 aliphatic heterocycles. The Hall–Kier alpha value is -3.07. The summed E-state index contributed by atoms with van der Waals surface area (Å²) >= 11 is 0. The summed E-state index contributed by atoms with van der Waals surface area (Å²) in [6, 6.07) is 4.41. The number of nitrogens with zero attached hydrogens (tertiary/aromatic N) is 2. The van der Waals surface area contributed by atoms with Crippen LogP contribution in [0, 0.1) is 15.5 Å². The number of amides is 3. The lowest BCUT2D eigenvalue weighted by Crippen LogP contribution is -2.50. The van der Waals surface area contributed by atoms with Crippen LogP contribution in [0.5, 0.6) is 0 Å². The van der Waals surface area contributed by atoms with Crippen molar-refractivity contribution in [2.45, 2.75) is 45.3 Å². The van der Waals surface area contributed by atoms with E-state index in [0.717, 1.165) is 24.2 Å². The van der Waals surface area contributed by atoms with Crippen LogP contribution in [0.15, 0.2) is 30.4 Å². The highest BCUT2D eigenvalue weighted by molar-refractivity contribution is 6.13. The summed E-state index contributed by atoms with van der Waals surface area (Å²) in [6.45, 7) is -0.335. The molecule has 2 N–H and O–H groups in total. The van der Waals surface area contributed by atoms with Crippen molar-refractivity contribution < 1.29 is 24.4 Å². The molecule has 0 saturated heterocycles.